The number of hydrogen-bond acceptors (Lipinski definition) is 7. The van der Waals surface area contributed by atoms with Crippen LogP contribution in [-0.4, -0.2) is 29.9 Å². The van der Waals surface area contributed by atoms with Crippen LogP contribution >= 0.6 is 0 Å². The largest absolute Gasteiger partial charge is 0.507 e. The molecule has 1 heterocycles. The first-order valence-electron chi connectivity index (χ1n) is 13.7. The molecule has 0 saturated heterocycles. The Bertz CT molecular complexity index is 1440. The van der Waals surface area contributed by atoms with Crippen LogP contribution in [0.15, 0.2) is 48.5 Å². The molecule has 1 aliphatic rings. The molecule has 7 heteroatoms. The summed E-state index contributed by atoms with van der Waals surface area (Å²) in [4.78, 5) is 38.4. The summed E-state index contributed by atoms with van der Waals surface area (Å²) in [7, 11) is 1.29. The average Bonchev–Trinajstić information content (AvgIpc) is 2.92. The number of phenolic OH excluding ortho intramolecular Hbond substituents is 1. The van der Waals surface area contributed by atoms with E-state index in [1.807, 2.05) is 32.0 Å². The second-order valence-electron chi connectivity index (χ2n) is 10.3. The zero-order chi connectivity index (χ0) is 29.0. The molecular formula is C33H36O7. The quantitative estimate of drug-likeness (QED) is 0.221. The van der Waals surface area contributed by atoms with E-state index in [-0.39, 0.29) is 29.3 Å². The van der Waals surface area contributed by atoms with Crippen molar-refractivity contribution in [2.45, 2.75) is 72.0 Å². The van der Waals surface area contributed by atoms with Gasteiger partial charge >= 0.3 is 11.9 Å². The highest BCUT2D eigenvalue weighted by Crippen LogP contribution is 2.50. The highest BCUT2D eigenvalue weighted by atomic mass is 16.7. The Morgan fingerprint density at radius 1 is 0.950 bits per heavy atom. The van der Waals surface area contributed by atoms with E-state index >= 15 is 0 Å². The summed E-state index contributed by atoms with van der Waals surface area (Å²) < 4.78 is 17.4. The van der Waals surface area contributed by atoms with Crippen LogP contribution in [0.5, 0.6) is 11.5 Å². The van der Waals surface area contributed by atoms with Gasteiger partial charge in [0.05, 0.1) is 24.7 Å². The fourth-order valence-electron chi connectivity index (χ4n) is 5.26. The lowest BCUT2D eigenvalue weighted by molar-refractivity contribution is -0.171. The topological polar surface area (TPSA) is 99.1 Å². The molecule has 0 saturated carbocycles. The van der Waals surface area contributed by atoms with Gasteiger partial charge in [0.15, 0.2) is 5.75 Å². The van der Waals surface area contributed by atoms with E-state index in [2.05, 4.69) is 6.92 Å². The fourth-order valence-corrected chi connectivity index (χ4v) is 5.26. The molecule has 0 spiro atoms. The number of carbonyl (C=O) groups is 3. The predicted octanol–water partition coefficient (Wildman–Crippen LogP) is 6.83. The summed E-state index contributed by atoms with van der Waals surface area (Å²) >= 11 is 0. The maximum atomic E-state index is 13.9. The number of hydrogen-bond donors (Lipinski definition) is 1. The third-order valence-corrected chi connectivity index (χ3v) is 7.26. The molecular weight excluding hydrogens is 508 g/mol. The molecule has 3 aromatic rings. The Morgan fingerprint density at radius 2 is 1.68 bits per heavy atom. The van der Waals surface area contributed by atoms with E-state index in [1.165, 1.54) is 26.2 Å². The minimum Gasteiger partial charge on any atom is -0.507 e. The predicted molar refractivity (Wildman–Crippen MR) is 152 cm³/mol. The van der Waals surface area contributed by atoms with E-state index < -0.39 is 17.7 Å². The van der Waals surface area contributed by atoms with Gasteiger partial charge < -0.3 is 19.3 Å². The minimum absolute atomic E-state index is 0.00184. The van der Waals surface area contributed by atoms with Gasteiger partial charge in [-0.05, 0) is 68.0 Å². The SMILES string of the molecule is CCCCCc1cc(O)c(-c2cc(C)ccc2CC)c2c1C(=O)OC(CC(C)=O)(c1ccc(C(=O)OC)cc1)O2. The standard InChI is InChI=1S/C33H36O7/c1-6-8-9-10-24-18-27(35)29(26-17-20(3)11-12-22(26)7-2)30-28(24)32(37)40-33(39-30,19-21(4)34)25-15-13-23(14-16-25)31(36)38-5/h11-18,35H,6-10,19H2,1-5H3. The van der Waals surface area contributed by atoms with Gasteiger partial charge in [0.25, 0.3) is 5.79 Å². The number of Topliss-reactive ketones (excluding diaryl/α,β-unsaturated/α-hetero) is 1. The third kappa shape index (κ3) is 5.60. The smallest absolute Gasteiger partial charge is 0.345 e. The number of esters is 2. The van der Waals surface area contributed by atoms with Gasteiger partial charge in [0.2, 0.25) is 0 Å². The van der Waals surface area contributed by atoms with Gasteiger partial charge in [-0.2, -0.15) is 0 Å². The second-order valence-corrected chi connectivity index (χ2v) is 10.3. The monoisotopic (exact) mass is 544 g/mol. The van der Waals surface area contributed by atoms with E-state index in [0.717, 1.165) is 36.0 Å². The molecule has 4 rings (SSSR count). The minimum atomic E-state index is -1.79. The molecule has 1 N–H and O–H groups in total. The molecule has 0 bridgehead atoms. The summed E-state index contributed by atoms with van der Waals surface area (Å²) in [6.07, 6.45) is 3.79. The van der Waals surface area contributed by atoms with Crippen LogP contribution in [0.3, 0.4) is 0 Å². The number of methoxy groups -OCH3 is 1. The van der Waals surface area contributed by atoms with Gasteiger partial charge in [-0.15, -0.1) is 0 Å². The van der Waals surface area contributed by atoms with E-state index in [1.54, 1.807) is 18.2 Å². The van der Waals surface area contributed by atoms with Crippen molar-refractivity contribution < 1.29 is 33.7 Å². The van der Waals surface area contributed by atoms with Crippen LogP contribution in [0, 0.1) is 6.92 Å². The number of ether oxygens (including phenoxy) is 3. The Morgan fingerprint density at radius 3 is 2.30 bits per heavy atom. The molecule has 0 radical (unpaired) electrons. The number of unbranched alkanes of at least 4 members (excludes halogenated alkanes) is 2. The van der Waals surface area contributed by atoms with Crippen molar-refractivity contribution in [1.82, 2.24) is 0 Å². The molecule has 1 atom stereocenters. The van der Waals surface area contributed by atoms with Gasteiger partial charge in [-0.1, -0.05) is 62.6 Å². The summed E-state index contributed by atoms with van der Waals surface area (Å²) in [6, 6.07) is 13.8. The molecule has 3 aromatic carbocycles. The number of aromatic hydroxyl groups is 1. The molecule has 210 valence electrons. The lowest BCUT2D eigenvalue weighted by Gasteiger charge is -2.39. The van der Waals surface area contributed by atoms with E-state index in [4.69, 9.17) is 14.2 Å². The Hall–Kier alpha value is -4.13. The van der Waals surface area contributed by atoms with Crippen molar-refractivity contribution in [3.05, 3.63) is 81.9 Å². The first-order chi connectivity index (χ1) is 19.1. The lowest BCUT2D eigenvalue weighted by Crippen LogP contribution is -2.44. The normalized spacial score (nSPS) is 16.1. The van der Waals surface area contributed by atoms with Crippen LogP contribution in [0.2, 0.25) is 0 Å². The van der Waals surface area contributed by atoms with Gasteiger partial charge in [0, 0.05) is 5.56 Å². The van der Waals surface area contributed by atoms with Crippen molar-refractivity contribution >= 4 is 17.7 Å². The molecule has 0 aromatic heterocycles. The van der Waals surface area contributed by atoms with Crippen molar-refractivity contribution in [2.24, 2.45) is 0 Å². The fraction of sp³-hybridized carbons (Fsp3) is 0.364. The lowest BCUT2D eigenvalue weighted by atomic mass is 9.88. The summed E-state index contributed by atoms with van der Waals surface area (Å²) in [5.74, 6) is -3.00. The van der Waals surface area contributed by atoms with E-state index in [0.29, 0.717) is 35.1 Å². The Kier molecular flexibility index (Phi) is 8.62. The van der Waals surface area contributed by atoms with Crippen LogP contribution < -0.4 is 4.74 Å². The van der Waals surface area contributed by atoms with Crippen LogP contribution in [0.4, 0.5) is 0 Å². The summed E-state index contributed by atoms with van der Waals surface area (Å²) in [5.41, 5.74) is 4.69. The van der Waals surface area contributed by atoms with Gasteiger partial charge in [-0.3, -0.25) is 4.79 Å². The number of ketones is 1. The van der Waals surface area contributed by atoms with Crippen LogP contribution in [0.1, 0.15) is 89.4 Å². The number of carbonyl (C=O) groups excluding carboxylic acids is 3. The maximum absolute atomic E-state index is 13.9. The summed E-state index contributed by atoms with van der Waals surface area (Å²) in [5, 5.41) is 11.5. The van der Waals surface area contributed by atoms with Crippen molar-refractivity contribution in [1.29, 1.82) is 0 Å². The highest BCUT2D eigenvalue weighted by molar-refractivity contribution is 6.00. The first-order valence-corrected chi connectivity index (χ1v) is 13.7. The summed E-state index contributed by atoms with van der Waals surface area (Å²) in [6.45, 7) is 7.48. The maximum Gasteiger partial charge on any atom is 0.345 e. The number of phenols is 1. The number of benzene rings is 3. The average molecular weight is 545 g/mol. The number of fused-ring (bicyclic) bond motifs is 1. The zero-order valence-corrected chi connectivity index (χ0v) is 23.8. The van der Waals surface area contributed by atoms with Gasteiger partial charge in [0.1, 0.15) is 17.1 Å². The number of aryl methyl sites for hydroxylation is 3. The van der Waals surface area contributed by atoms with E-state index in [9.17, 15) is 19.5 Å². The molecule has 0 aliphatic carbocycles. The van der Waals surface area contributed by atoms with Crippen molar-refractivity contribution in [2.75, 3.05) is 7.11 Å². The van der Waals surface area contributed by atoms with Crippen molar-refractivity contribution in [3.8, 4) is 22.6 Å². The molecule has 0 fully saturated rings. The molecule has 1 unspecified atom stereocenters. The zero-order valence-electron chi connectivity index (χ0n) is 23.8. The molecule has 1 aliphatic heterocycles. The number of rotatable bonds is 10. The Balaban J connectivity index is 1.98. The van der Waals surface area contributed by atoms with Crippen LogP contribution in [0.25, 0.3) is 11.1 Å². The number of cyclic esters (lactones) is 1. The van der Waals surface area contributed by atoms with Crippen molar-refractivity contribution in [3.63, 3.8) is 0 Å². The van der Waals surface area contributed by atoms with Gasteiger partial charge in [-0.25, -0.2) is 9.59 Å². The molecule has 0 amide bonds. The molecule has 40 heavy (non-hydrogen) atoms. The Labute approximate surface area is 235 Å². The third-order valence-electron chi connectivity index (χ3n) is 7.26. The molecule has 7 nitrogen and oxygen atoms in total. The van der Waals surface area contributed by atoms with Crippen LogP contribution in [-0.2, 0) is 32.9 Å². The second kappa shape index (κ2) is 11.9. The highest BCUT2D eigenvalue weighted by Gasteiger charge is 2.47. The first kappa shape index (κ1) is 28.9.